The van der Waals surface area contributed by atoms with Gasteiger partial charge < -0.3 is 15.8 Å². The van der Waals surface area contributed by atoms with Crippen LogP contribution in [0.5, 0.6) is 0 Å². The Bertz CT molecular complexity index is 472. The molecular weight excluding hydrogens is 272 g/mol. The van der Waals surface area contributed by atoms with Gasteiger partial charge in [-0.05, 0) is 23.8 Å². The molecule has 1 heterocycles. The molecule has 0 saturated carbocycles. The number of ether oxygens (including phenoxy) is 1. The summed E-state index contributed by atoms with van der Waals surface area (Å²) in [5.74, 6) is 6.13. The fraction of sp³-hybridized carbons (Fsp3) is 0.533. The summed E-state index contributed by atoms with van der Waals surface area (Å²) in [6, 6.07) is 1.84. The van der Waals surface area contributed by atoms with Crippen LogP contribution in [-0.2, 0) is 4.74 Å². The third-order valence-corrected chi connectivity index (χ3v) is 3.31. The Morgan fingerprint density at radius 2 is 2.35 bits per heavy atom. The van der Waals surface area contributed by atoms with E-state index in [1.165, 1.54) is 11.3 Å². The van der Waals surface area contributed by atoms with E-state index in [9.17, 15) is 4.79 Å². The summed E-state index contributed by atoms with van der Waals surface area (Å²) in [6.07, 6.45) is 0.813. The van der Waals surface area contributed by atoms with Gasteiger partial charge in [-0.15, -0.1) is 11.3 Å². The molecular formula is C15H22N2O2S. The highest BCUT2D eigenvalue weighted by atomic mass is 32.1. The first-order chi connectivity index (χ1) is 9.65. The van der Waals surface area contributed by atoms with Crippen LogP contribution >= 0.6 is 11.3 Å². The number of carbonyl (C=O) groups excluding carboxylic acids is 1. The number of hydrogen-bond acceptors (Lipinski definition) is 4. The third-order valence-electron chi connectivity index (χ3n) is 2.40. The zero-order valence-electron chi connectivity index (χ0n) is 12.1. The van der Waals surface area contributed by atoms with Crippen LogP contribution in [0, 0.1) is 17.8 Å². The molecule has 0 aromatic carbocycles. The topological polar surface area (TPSA) is 64.3 Å². The minimum Gasteiger partial charge on any atom is -0.381 e. The van der Waals surface area contributed by atoms with Crippen LogP contribution in [0.2, 0.25) is 0 Å². The van der Waals surface area contributed by atoms with Crippen molar-refractivity contribution in [3.05, 3.63) is 21.9 Å². The van der Waals surface area contributed by atoms with Crippen molar-refractivity contribution < 1.29 is 9.53 Å². The minimum absolute atomic E-state index is 0.0785. The molecule has 0 aliphatic rings. The van der Waals surface area contributed by atoms with E-state index in [2.05, 4.69) is 31.0 Å². The fourth-order valence-electron chi connectivity index (χ4n) is 1.51. The average Bonchev–Trinajstić information content (AvgIpc) is 2.88. The summed E-state index contributed by atoms with van der Waals surface area (Å²) in [4.78, 5) is 12.6. The van der Waals surface area contributed by atoms with Gasteiger partial charge in [0, 0.05) is 25.3 Å². The van der Waals surface area contributed by atoms with Crippen molar-refractivity contribution in [3.63, 3.8) is 0 Å². The second kappa shape index (κ2) is 9.54. The molecule has 1 amide bonds. The zero-order chi connectivity index (χ0) is 14.8. The van der Waals surface area contributed by atoms with Gasteiger partial charge in [-0.3, -0.25) is 4.79 Å². The third kappa shape index (κ3) is 6.20. The predicted molar refractivity (Wildman–Crippen MR) is 82.9 cm³/mol. The maximum Gasteiger partial charge on any atom is 0.262 e. The SMILES string of the molecule is CC(C)COCCCNC(=O)c1sccc1C#CCN. The lowest BCUT2D eigenvalue weighted by Gasteiger charge is -2.07. The minimum atomic E-state index is -0.0785. The second-order valence-corrected chi connectivity index (χ2v) is 5.66. The molecule has 110 valence electrons. The van der Waals surface area contributed by atoms with Crippen LogP contribution in [0.1, 0.15) is 35.5 Å². The van der Waals surface area contributed by atoms with E-state index in [1.807, 2.05) is 11.4 Å². The van der Waals surface area contributed by atoms with Crippen molar-refractivity contribution in [3.8, 4) is 11.8 Å². The molecule has 1 rings (SSSR count). The first-order valence-electron chi connectivity index (χ1n) is 6.77. The van der Waals surface area contributed by atoms with E-state index in [4.69, 9.17) is 10.5 Å². The van der Waals surface area contributed by atoms with Crippen molar-refractivity contribution in [2.45, 2.75) is 20.3 Å². The van der Waals surface area contributed by atoms with Gasteiger partial charge in [0.25, 0.3) is 5.91 Å². The molecule has 0 atom stereocenters. The van der Waals surface area contributed by atoms with Gasteiger partial charge in [0.1, 0.15) is 4.88 Å². The van der Waals surface area contributed by atoms with Gasteiger partial charge in [-0.2, -0.15) is 0 Å². The summed E-state index contributed by atoms with van der Waals surface area (Å²) in [7, 11) is 0. The van der Waals surface area contributed by atoms with Gasteiger partial charge >= 0.3 is 0 Å². The smallest absolute Gasteiger partial charge is 0.262 e. The number of carbonyl (C=O) groups is 1. The number of hydrogen-bond donors (Lipinski definition) is 2. The number of nitrogens with two attached hydrogens (primary N) is 1. The molecule has 0 unspecified atom stereocenters. The fourth-order valence-corrected chi connectivity index (χ4v) is 2.27. The Balaban J connectivity index is 2.31. The highest BCUT2D eigenvalue weighted by Gasteiger charge is 2.10. The lowest BCUT2D eigenvalue weighted by molar-refractivity contribution is 0.0928. The molecule has 0 saturated heterocycles. The summed E-state index contributed by atoms with van der Waals surface area (Å²) < 4.78 is 5.46. The Hall–Kier alpha value is -1.35. The Kier molecular flexibility index (Phi) is 7.97. The first-order valence-corrected chi connectivity index (χ1v) is 7.65. The van der Waals surface area contributed by atoms with E-state index < -0.39 is 0 Å². The molecule has 0 aliphatic heterocycles. The van der Waals surface area contributed by atoms with Gasteiger partial charge in [0.2, 0.25) is 0 Å². The van der Waals surface area contributed by atoms with Gasteiger partial charge in [-0.1, -0.05) is 25.7 Å². The second-order valence-electron chi connectivity index (χ2n) is 4.75. The van der Waals surface area contributed by atoms with Crippen LogP contribution in [0.4, 0.5) is 0 Å². The van der Waals surface area contributed by atoms with E-state index in [-0.39, 0.29) is 5.91 Å². The van der Waals surface area contributed by atoms with Gasteiger partial charge in [-0.25, -0.2) is 0 Å². The molecule has 0 radical (unpaired) electrons. The van der Waals surface area contributed by atoms with Crippen LogP contribution in [0.15, 0.2) is 11.4 Å². The molecule has 0 fully saturated rings. The van der Waals surface area contributed by atoms with Crippen molar-refractivity contribution in [2.75, 3.05) is 26.3 Å². The quantitative estimate of drug-likeness (QED) is 0.596. The summed E-state index contributed by atoms with van der Waals surface area (Å²) in [5.41, 5.74) is 6.08. The van der Waals surface area contributed by atoms with Crippen molar-refractivity contribution in [1.82, 2.24) is 5.32 Å². The summed E-state index contributed by atoms with van der Waals surface area (Å²) in [5, 5.41) is 4.74. The molecule has 20 heavy (non-hydrogen) atoms. The largest absolute Gasteiger partial charge is 0.381 e. The van der Waals surface area contributed by atoms with Crippen LogP contribution in [0.3, 0.4) is 0 Å². The predicted octanol–water partition coefficient (Wildman–Crippen LogP) is 1.85. The van der Waals surface area contributed by atoms with Gasteiger partial charge in [0.15, 0.2) is 0 Å². The first kappa shape index (κ1) is 16.7. The standard InChI is InChI=1S/C15H22N2O2S/c1-12(2)11-19-9-4-8-17-15(18)14-13(5-3-7-16)6-10-20-14/h6,10,12H,4,7-9,11,16H2,1-2H3,(H,17,18). The molecule has 0 aliphatic carbocycles. The van der Waals surface area contributed by atoms with Crippen LogP contribution in [0.25, 0.3) is 0 Å². The van der Waals surface area contributed by atoms with E-state index in [1.54, 1.807) is 0 Å². The van der Waals surface area contributed by atoms with Crippen molar-refractivity contribution >= 4 is 17.2 Å². The maximum atomic E-state index is 12.0. The zero-order valence-corrected chi connectivity index (χ0v) is 12.9. The highest BCUT2D eigenvalue weighted by Crippen LogP contribution is 2.15. The van der Waals surface area contributed by atoms with E-state index >= 15 is 0 Å². The molecule has 1 aromatic heterocycles. The molecule has 4 nitrogen and oxygen atoms in total. The van der Waals surface area contributed by atoms with Gasteiger partial charge in [0.05, 0.1) is 6.54 Å². The Labute approximate surface area is 124 Å². The van der Waals surface area contributed by atoms with Crippen molar-refractivity contribution in [2.24, 2.45) is 11.7 Å². The van der Waals surface area contributed by atoms with E-state index in [0.29, 0.717) is 30.5 Å². The highest BCUT2D eigenvalue weighted by molar-refractivity contribution is 7.12. The van der Waals surface area contributed by atoms with E-state index in [0.717, 1.165) is 18.6 Å². The molecule has 5 heteroatoms. The summed E-state index contributed by atoms with van der Waals surface area (Å²) >= 11 is 1.39. The molecule has 0 bridgehead atoms. The Morgan fingerprint density at radius 1 is 1.55 bits per heavy atom. The Morgan fingerprint density at radius 3 is 3.05 bits per heavy atom. The molecule has 3 N–H and O–H groups in total. The number of thiophene rings is 1. The van der Waals surface area contributed by atoms with Crippen molar-refractivity contribution in [1.29, 1.82) is 0 Å². The molecule has 1 aromatic rings. The summed E-state index contributed by atoms with van der Waals surface area (Å²) in [6.45, 7) is 6.56. The number of rotatable bonds is 7. The average molecular weight is 294 g/mol. The lowest BCUT2D eigenvalue weighted by atomic mass is 10.2. The maximum absolute atomic E-state index is 12.0. The normalized spacial score (nSPS) is 10.2. The monoisotopic (exact) mass is 294 g/mol. The van der Waals surface area contributed by atoms with Crippen LogP contribution < -0.4 is 11.1 Å². The molecule has 0 spiro atoms. The number of nitrogens with one attached hydrogen (secondary N) is 1. The van der Waals surface area contributed by atoms with Crippen LogP contribution in [-0.4, -0.2) is 32.2 Å². The number of amides is 1. The lowest BCUT2D eigenvalue weighted by Crippen LogP contribution is -2.25.